The molecule has 0 saturated heterocycles. The standard InChI is InChI=1S/C15H28O3Si/c1-7-12-17-14(16)11-9-8-10-13-18-19(5,6)15(2,3)4/h7,9,11H,1,8,10,12-13H2,2-6H3/b11-9+. The van der Waals surface area contributed by atoms with E-state index in [4.69, 9.17) is 9.16 Å². The van der Waals surface area contributed by atoms with Crippen molar-refractivity contribution in [3.8, 4) is 0 Å². The normalized spacial score (nSPS) is 12.7. The molecule has 0 spiro atoms. The average molecular weight is 284 g/mol. The van der Waals surface area contributed by atoms with Crippen LogP contribution in [-0.2, 0) is 14.0 Å². The van der Waals surface area contributed by atoms with Crippen LogP contribution in [0.5, 0.6) is 0 Å². The summed E-state index contributed by atoms with van der Waals surface area (Å²) in [5, 5.41) is 0.247. The van der Waals surface area contributed by atoms with Crippen molar-refractivity contribution >= 4 is 14.3 Å². The number of hydrogen-bond acceptors (Lipinski definition) is 3. The van der Waals surface area contributed by atoms with Gasteiger partial charge < -0.3 is 9.16 Å². The van der Waals surface area contributed by atoms with Gasteiger partial charge >= 0.3 is 5.97 Å². The summed E-state index contributed by atoms with van der Waals surface area (Å²) in [7, 11) is -1.63. The number of rotatable bonds is 8. The van der Waals surface area contributed by atoms with Crippen molar-refractivity contribution in [1.82, 2.24) is 0 Å². The molecule has 110 valence electrons. The molecule has 0 radical (unpaired) electrons. The van der Waals surface area contributed by atoms with Gasteiger partial charge in [-0.3, -0.25) is 0 Å². The van der Waals surface area contributed by atoms with Gasteiger partial charge in [0.05, 0.1) is 0 Å². The van der Waals surface area contributed by atoms with E-state index >= 15 is 0 Å². The van der Waals surface area contributed by atoms with Crippen LogP contribution in [0, 0.1) is 0 Å². The quantitative estimate of drug-likeness (QED) is 0.221. The molecule has 0 aliphatic rings. The maximum atomic E-state index is 11.1. The van der Waals surface area contributed by atoms with Crippen LogP contribution in [0.15, 0.2) is 24.8 Å². The molecule has 0 rings (SSSR count). The number of carbonyl (C=O) groups excluding carboxylic acids is 1. The third kappa shape index (κ3) is 8.00. The Morgan fingerprint density at radius 1 is 1.32 bits per heavy atom. The molecule has 0 aromatic rings. The number of carbonyl (C=O) groups is 1. The molecule has 0 aromatic heterocycles. The van der Waals surface area contributed by atoms with Crippen molar-refractivity contribution in [2.45, 2.75) is 51.7 Å². The molecule has 3 nitrogen and oxygen atoms in total. The van der Waals surface area contributed by atoms with Gasteiger partial charge in [-0.25, -0.2) is 4.79 Å². The summed E-state index contributed by atoms with van der Waals surface area (Å²) in [6, 6.07) is 0. The van der Waals surface area contributed by atoms with E-state index in [-0.39, 0.29) is 17.6 Å². The van der Waals surface area contributed by atoms with Gasteiger partial charge in [-0.2, -0.15) is 0 Å². The third-order valence-electron chi connectivity index (χ3n) is 3.38. The predicted octanol–water partition coefficient (Wildman–Crippen LogP) is 4.07. The van der Waals surface area contributed by atoms with E-state index in [0.29, 0.717) is 0 Å². The van der Waals surface area contributed by atoms with Crippen LogP contribution >= 0.6 is 0 Å². The molecule has 4 heteroatoms. The van der Waals surface area contributed by atoms with Gasteiger partial charge in [0.25, 0.3) is 0 Å². The van der Waals surface area contributed by atoms with Crippen molar-refractivity contribution in [3.05, 3.63) is 24.8 Å². The second kappa shape index (κ2) is 8.33. The van der Waals surface area contributed by atoms with Crippen molar-refractivity contribution in [2.75, 3.05) is 13.2 Å². The molecule has 0 amide bonds. The Morgan fingerprint density at radius 2 is 1.95 bits per heavy atom. The van der Waals surface area contributed by atoms with Crippen molar-refractivity contribution in [1.29, 1.82) is 0 Å². The van der Waals surface area contributed by atoms with Crippen LogP contribution in [-0.4, -0.2) is 27.5 Å². The topological polar surface area (TPSA) is 35.5 Å². The summed E-state index contributed by atoms with van der Waals surface area (Å²) in [5.41, 5.74) is 0. The molecule has 0 aromatic carbocycles. The zero-order valence-corrected chi connectivity index (χ0v) is 14.0. The van der Waals surface area contributed by atoms with Crippen molar-refractivity contribution < 1.29 is 14.0 Å². The highest BCUT2D eigenvalue weighted by molar-refractivity contribution is 6.74. The van der Waals surface area contributed by atoms with Crippen LogP contribution in [0.3, 0.4) is 0 Å². The molecule has 0 N–H and O–H groups in total. The van der Waals surface area contributed by atoms with E-state index in [2.05, 4.69) is 40.4 Å². The Morgan fingerprint density at radius 3 is 2.47 bits per heavy atom. The van der Waals surface area contributed by atoms with E-state index in [0.717, 1.165) is 19.4 Å². The Labute approximate surface area is 118 Å². The lowest BCUT2D eigenvalue weighted by atomic mass is 10.2. The van der Waals surface area contributed by atoms with E-state index in [1.165, 1.54) is 6.08 Å². The molecule has 19 heavy (non-hydrogen) atoms. The van der Waals surface area contributed by atoms with E-state index in [1.807, 2.05) is 6.08 Å². The van der Waals surface area contributed by atoms with Gasteiger partial charge in [0.15, 0.2) is 8.32 Å². The number of unbranched alkanes of at least 4 members (excludes halogenated alkanes) is 1. The van der Waals surface area contributed by atoms with Gasteiger partial charge in [0.2, 0.25) is 0 Å². The highest BCUT2D eigenvalue weighted by atomic mass is 28.4. The molecule has 0 saturated carbocycles. The Hall–Kier alpha value is -0.873. The predicted molar refractivity (Wildman–Crippen MR) is 82.7 cm³/mol. The molecule has 0 heterocycles. The SMILES string of the molecule is C=CCOC(=O)/C=C/CCCO[Si](C)(C)C(C)(C)C. The second-order valence-electron chi connectivity index (χ2n) is 6.07. The van der Waals surface area contributed by atoms with Crippen LogP contribution in [0.2, 0.25) is 18.1 Å². The van der Waals surface area contributed by atoms with Crippen LogP contribution in [0.1, 0.15) is 33.6 Å². The fraction of sp³-hybridized carbons (Fsp3) is 0.667. The first-order valence-electron chi connectivity index (χ1n) is 6.79. The summed E-state index contributed by atoms with van der Waals surface area (Å²) >= 11 is 0. The third-order valence-corrected chi connectivity index (χ3v) is 7.92. The fourth-order valence-corrected chi connectivity index (χ4v) is 2.20. The molecule has 0 atom stereocenters. The number of hydrogen-bond donors (Lipinski definition) is 0. The molecule has 0 fully saturated rings. The van der Waals surface area contributed by atoms with Crippen LogP contribution in [0.4, 0.5) is 0 Å². The largest absolute Gasteiger partial charge is 0.458 e. The summed E-state index contributed by atoms with van der Waals surface area (Å²) < 4.78 is 10.9. The molecule has 0 unspecified atom stereocenters. The first kappa shape index (κ1) is 18.1. The number of ether oxygens (including phenoxy) is 1. The smallest absolute Gasteiger partial charge is 0.330 e. The number of esters is 1. The fourth-order valence-electron chi connectivity index (χ4n) is 1.11. The molecular weight excluding hydrogens is 256 g/mol. The van der Waals surface area contributed by atoms with E-state index < -0.39 is 8.32 Å². The van der Waals surface area contributed by atoms with E-state index in [9.17, 15) is 4.79 Å². The Kier molecular flexibility index (Phi) is 7.95. The minimum Gasteiger partial charge on any atom is -0.458 e. The maximum absolute atomic E-state index is 11.1. The summed E-state index contributed by atoms with van der Waals surface area (Å²) in [4.78, 5) is 11.1. The molecular formula is C15H28O3Si. The lowest BCUT2D eigenvalue weighted by molar-refractivity contribution is -0.136. The minimum absolute atomic E-state index is 0.247. The zero-order chi connectivity index (χ0) is 14.9. The van der Waals surface area contributed by atoms with Crippen molar-refractivity contribution in [3.63, 3.8) is 0 Å². The van der Waals surface area contributed by atoms with Gasteiger partial charge in [0, 0.05) is 12.7 Å². The second-order valence-corrected chi connectivity index (χ2v) is 10.9. The van der Waals surface area contributed by atoms with Gasteiger partial charge in [0.1, 0.15) is 6.61 Å². The highest BCUT2D eigenvalue weighted by Gasteiger charge is 2.36. The maximum Gasteiger partial charge on any atom is 0.330 e. The highest BCUT2D eigenvalue weighted by Crippen LogP contribution is 2.36. The van der Waals surface area contributed by atoms with Gasteiger partial charge in [-0.15, -0.1) is 0 Å². The van der Waals surface area contributed by atoms with Gasteiger partial charge in [-0.1, -0.05) is 39.5 Å². The van der Waals surface area contributed by atoms with E-state index in [1.54, 1.807) is 6.08 Å². The van der Waals surface area contributed by atoms with Crippen LogP contribution in [0.25, 0.3) is 0 Å². The first-order valence-corrected chi connectivity index (χ1v) is 9.69. The summed E-state index contributed by atoms with van der Waals surface area (Å²) in [6.45, 7) is 15.7. The lowest BCUT2D eigenvalue weighted by Crippen LogP contribution is -2.40. The summed E-state index contributed by atoms with van der Waals surface area (Å²) in [5.74, 6) is -0.315. The number of allylic oxidation sites excluding steroid dienone is 1. The first-order chi connectivity index (χ1) is 8.70. The van der Waals surface area contributed by atoms with Crippen LogP contribution < -0.4 is 0 Å². The lowest BCUT2D eigenvalue weighted by Gasteiger charge is -2.36. The molecule has 0 aliphatic heterocycles. The zero-order valence-electron chi connectivity index (χ0n) is 13.0. The molecule has 0 aliphatic carbocycles. The Bertz CT molecular complexity index is 314. The molecule has 0 bridgehead atoms. The average Bonchev–Trinajstić information content (AvgIpc) is 2.29. The monoisotopic (exact) mass is 284 g/mol. The van der Waals surface area contributed by atoms with Gasteiger partial charge in [-0.05, 0) is 31.0 Å². The minimum atomic E-state index is -1.63. The Balaban J connectivity index is 3.79. The summed E-state index contributed by atoms with van der Waals surface area (Å²) in [6.07, 6.45) is 6.62. The van der Waals surface area contributed by atoms with Crippen molar-refractivity contribution in [2.24, 2.45) is 0 Å².